The molecule has 0 atom stereocenters. The number of hydrogen-bond donors (Lipinski definition) is 2. The number of hydrogen-bond acceptors (Lipinski definition) is 5. The van der Waals surface area contributed by atoms with Crippen molar-refractivity contribution in [2.45, 2.75) is 26.3 Å². The van der Waals surface area contributed by atoms with E-state index in [9.17, 15) is 19.2 Å². The Morgan fingerprint density at radius 2 is 1.79 bits per heavy atom. The number of nitriles is 1. The lowest BCUT2D eigenvalue weighted by Crippen LogP contribution is -2.41. The average molecular weight is 353 g/mol. The molecule has 0 spiro atoms. The summed E-state index contributed by atoms with van der Waals surface area (Å²) in [6.07, 6.45) is -0.593. The zero-order valence-electron chi connectivity index (χ0n) is 12.7. The molecule has 8 nitrogen and oxygen atoms in total. The second-order valence-corrected chi connectivity index (χ2v) is 5.44. The number of rotatable bonds is 5. The van der Waals surface area contributed by atoms with Gasteiger partial charge in [-0.3, -0.25) is 14.5 Å². The molecule has 1 aromatic rings. The number of benzene rings is 1. The predicted octanol–water partition coefficient (Wildman–Crippen LogP) is 1.23. The van der Waals surface area contributed by atoms with E-state index in [1.165, 1.54) is 26.0 Å². The van der Waals surface area contributed by atoms with Gasteiger partial charge in [-0.2, -0.15) is 5.26 Å². The van der Waals surface area contributed by atoms with Crippen molar-refractivity contribution < 1.29 is 29.4 Å². The van der Waals surface area contributed by atoms with Gasteiger partial charge in [0.05, 0.1) is 22.3 Å². The lowest BCUT2D eigenvalue weighted by atomic mass is 10.0. The zero-order chi connectivity index (χ0) is 18.6. The molecule has 2 N–H and O–H groups in total. The van der Waals surface area contributed by atoms with E-state index in [1.807, 2.05) is 0 Å². The van der Waals surface area contributed by atoms with E-state index in [2.05, 4.69) is 0 Å². The lowest BCUT2D eigenvalue weighted by Gasteiger charge is -2.27. The van der Waals surface area contributed by atoms with Crippen LogP contribution in [0.2, 0.25) is 5.02 Å². The van der Waals surface area contributed by atoms with Crippen LogP contribution in [0.4, 0.5) is 5.69 Å². The van der Waals surface area contributed by atoms with E-state index in [-0.39, 0.29) is 21.8 Å². The van der Waals surface area contributed by atoms with Crippen LogP contribution in [0.25, 0.3) is 0 Å². The van der Waals surface area contributed by atoms with Gasteiger partial charge >= 0.3 is 17.8 Å². The van der Waals surface area contributed by atoms with Crippen molar-refractivity contribution in [1.82, 2.24) is 0 Å². The van der Waals surface area contributed by atoms with Gasteiger partial charge < -0.3 is 10.2 Å². The largest absolute Gasteiger partial charge is 0.475 e. The van der Waals surface area contributed by atoms with Crippen molar-refractivity contribution >= 4 is 40.9 Å². The normalized spacial score (nSPS) is 10.1. The Balaban J connectivity index is 3.54. The molecule has 0 aliphatic rings. The number of carboxylic acid groups (broad SMARTS) is 2. The fourth-order valence-electron chi connectivity index (χ4n) is 2.01. The van der Waals surface area contributed by atoms with Crippen LogP contribution in [0.1, 0.15) is 25.0 Å². The van der Waals surface area contributed by atoms with Gasteiger partial charge in [0.1, 0.15) is 0 Å². The van der Waals surface area contributed by atoms with E-state index in [0.717, 1.165) is 4.90 Å². The summed E-state index contributed by atoms with van der Waals surface area (Å²) in [7, 11) is 0. The maximum Gasteiger partial charge on any atom is 0.394 e. The second-order valence-electron chi connectivity index (χ2n) is 5.06. The van der Waals surface area contributed by atoms with Crippen LogP contribution in [0.5, 0.6) is 0 Å². The molecule has 0 saturated carbocycles. The predicted molar refractivity (Wildman–Crippen MR) is 82.8 cm³/mol. The van der Waals surface area contributed by atoms with Gasteiger partial charge in [-0.05, 0) is 31.5 Å². The summed E-state index contributed by atoms with van der Waals surface area (Å²) in [6.45, 7) is 3.08. The molecule has 0 saturated heterocycles. The Morgan fingerprint density at radius 3 is 2.21 bits per heavy atom. The summed E-state index contributed by atoms with van der Waals surface area (Å²) >= 11 is 6.13. The first kappa shape index (κ1) is 19.1. The summed E-state index contributed by atoms with van der Waals surface area (Å²) < 4.78 is 0. The number of carbonyl (C=O) groups excluding carboxylic acids is 2. The monoisotopic (exact) mass is 352 g/mol. The Bertz CT molecular complexity index is 766. The van der Waals surface area contributed by atoms with Gasteiger partial charge in [-0.15, -0.1) is 0 Å². The number of carbonyl (C=O) groups is 4. The summed E-state index contributed by atoms with van der Waals surface area (Å²) in [6, 6.07) is 3.61. The molecule has 1 rings (SSSR count). The molecule has 0 aliphatic carbocycles. The van der Waals surface area contributed by atoms with Gasteiger partial charge in [0.2, 0.25) is 5.78 Å². The van der Waals surface area contributed by atoms with Crippen LogP contribution < -0.4 is 4.90 Å². The highest BCUT2D eigenvalue weighted by Crippen LogP contribution is 2.33. The van der Waals surface area contributed by atoms with Gasteiger partial charge in [0.15, 0.2) is 0 Å². The zero-order valence-corrected chi connectivity index (χ0v) is 13.5. The molecular weight excluding hydrogens is 340 g/mol. The first-order valence-corrected chi connectivity index (χ1v) is 7.03. The van der Waals surface area contributed by atoms with Crippen molar-refractivity contribution in [2.24, 2.45) is 0 Å². The molecule has 0 bridgehead atoms. The van der Waals surface area contributed by atoms with Crippen molar-refractivity contribution in [3.8, 4) is 6.07 Å². The second kappa shape index (κ2) is 7.57. The van der Waals surface area contributed by atoms with Crippen LogP contribution in [-0.2, 0) is 25.6 Å². The topological polar surface area (TPSA) is 136 Å². The molecule has 9 heteroatoms. The van der Waals surface area contributed by atoms with E-state index >= 15 is 0 Å². The minimum absolute atomic E-state index is 0.00595. The Kier molecular flexibility index (Phi) is 6.03. The minimum Gasteiger partial charge on any atom is -0.475 e. The summed E-state index contributed by atoms with van der Waals surface area (Å²) in [5, 5.41) is 26.5. The molecule has 24 heavy (non-hydrogen) atoms. The Hall–Kier alpha value is -2.92. The van der Waals surface area contributed by atoms with Crippen LogP contribution in [0.15, 0.2) is 12.1 Å². The van der Waals surface area contributed by atoms with Crippen LogP contribution in [0.3, 0.4) is 0 Å². The Morgan fingerprint density at radius 1 is 1.21 bits per heavy atom. The molecule has 0 unspecified atom stereocenters. The minimum atomic E-state index is -1.72. The van der Waals surface area contributed by atoms with E-state index in [0.29, 0.717) is 0 Å². The third kappa shape index (κ3) is 4.08. The summed E-state index contributed by atoms with van der Waals surface area (Å²) in [5.74, 6) is -5.81. The fraction of sp³-hybridized carbons (Fsp3) is 0.267. The average Bonchev–Trinajstić information content (AvgIpc) is 2.49. The summed E-state index contributed by atoms with van der Waals surface area (Å²) in [4.78, 5) is 45.9. The van der Waals surface area contributed by atoms with E-state index in [1.54, 1.807) is 6.07 Å². The first-order chi connectivity index (χ1) is 11.1. The smallest absolute Gasteiger partial charge is 0.394 e. The highest BCUT2D eigenvalue weighted by molar-refractivity contribution is 6.41. The van der Waals surface area contributed by atoms with Crippen LogP contribution in [-0.4, -0.2) is 39.9 Å². The van der Waals surface area contributed by atoms with Crippen molar-refractivity contribution in [1.29, 1.82) is 5.26 Å². The number of nitrogens with zero attached hydrogens (tertiary/aromatic N) is 2. The van der Waals surface area contributed by atoms with E-state index in [4.69, 9.17) is 27.1 Å². The van der Waals surface area contributed by atoms with Gasteiger partial charge in [-0.1, -0.05) is 11.6 Å². The lowest BCUT2D eigenvalue weighted by molar-refractivity contribution is -0.149. The van der Waals surface area contributed by atoms with Crippen molar-refractivity contribution in [3.05, 3.63) is 28.3 Å². The number of halogens is 1. The van der Waals surface area contributed by atoms with Crippen molar-refractivity contribution in [2.75, 3.05) is 4.90 Å². The molecular formula is C15H13ClN2O6. The first-order valence-electron chi connectivity index (χ1n) is 6.65. The quantitative estimate of drug-likeness (QED) is 0.760. The SMILES string of the molecule is CC(C)N(C(=O)C(=O)O)c1cc(C#N)cc(CC(=O)C(=O)O)c1Cl. The third-order valence-corrected chi connectivity index (χ3v) is 3.46. The maximum absolute atomic E-state index is 11.9. The van der Waals surface area contributed by atoms with Gasteiger partial charge in [0, 0.05) is 12.5 Å². The number of ketones is 1. The molecule has 1 amide bonds. The fourth-order valence-corrected chi connectivity index (χ4v) is 2.28. The summed E-state index contributed by atoms with van der Waals surface area (Å²) in [5.41, 5.74) is -0.0558. The molecule has 0 fully saturated rings. The molecule has 126 valence electrons. The third-order valence-electron chi connectivity index (χ3n) is 3.03. The number of Topliss-reactive ketones (excluding diaryl/α,β-unsaturated/α-hetero) is 1. The van der Waals surface area contributed by atoms with Crippen LogP contribution >= 0.6 is 11.6 Å². The standard InChI is InChI=1S/C15H13ClN2O6/c1-7(2)18(13(20)15(23)24)10-4-8(6-17)3-9(12(10)16)5-11(19)14(21)22/h3-4,7H,5H2,1-2H3,(H,21,22)(H,23,24). The number of aliphatic carboxylic acids is 2. The Labute approximate surface area is 141 Å². The number of amides is 1. The maximum atomic E-state index is 11.9. The molecule has 0 aromatic heterocycles. The van der Waals surface area contributed by atoms with Gasteiger partial charge in [0.25, 0.3) is 0 Å². The highest BCUT2D eigenvalue weighted by atomic mass is 35.5. The highest BCUT2D eigenvalue weighted by Gasteiger charge is 2.29. The molecule has 0 aliphatic heterocycles. The number of anilines is 1. The van der Waals surface area contributed by atoms with E-state index < -0.39 is 36.1 Å². The molecule has 0 heterocycles. The van der Waals surface area contributed by atoms with Crippen LogP contribution in [0, 0.1) is 11.3 Å². The van der Waals surface area contributed by atoms with Gasteiger partial charge in [-0.25, -0.2) is 9.59 Å². The molecule has 1 aromatic carbocycles. The van der Waals surface area contributed by atoms with Crippen molar-refractivity contribution in [3.63, 3.8) is 0 Å². The molecule has 0 radical (unpaired) electrons. The number of carboxylic acids is 2.